The molecule has 4 nitrogen and oxygen atoms in total. The Bertz CT molecular complexity index is 818. The average Bonchev–Trinajstić information content (AvgIpc) is 2.67. The van der Waals surface area contributed by atoms with Crippen molar-refractivity contribution >= 4 is 16.7 Å². The van der Waals surface area contributed by atoms with E-state index in [0.717, 1.165) is 24.2 Å². The molecule has 0 fully saturated rings. The molecule has 0 aliphatic heterocycles. The molecule has 0 bridgehead atoms. The predicted octanol–water partition coefficient (Wildman–Crippen LogP) is 3.75. The van der Waals surface area contributed by atoms with E-state index in [2.05, 4.69) is 28.5 Å². The molecular weight excluding hydrogens is 312 g/mol. The Kier molecular flexibility index (Phi) is 5.99. The number of aromatic nitrogens is 1. The lowest BCUT2D eigenvalue weighted by atomic mass is 10.1. The minimum Gasteiger partial charge on any atom is -0.494 e. The zero-order chi connectivity index (χ0) is 17.3. The van der Waals surface area contributed by atoms with E-state index in [9.17, 15) is 4.79 Å². The molecule has 2 aromatic carbocycles. The van der Waals surface area contributed by atoms with Crippen LogP contribution in [0.1, 0.15) is 18.4 Å². The van der Waals surface area contributed by atoms with Crippen LogP contribution in [0.15, 0.2) is 67.0 Å². The van der Waals surface area contributed by atoms with Gasteiger partial charge in [-0.25, -0.2) is 0 Å². The maximum absolute atomic E-state index is 11.8. The van der Waals surface area contributed by atoms with Crippen LogP contribution < -0.4 is 10.1 Å². The first kappa shape index (κ1) is 17.0. The quantitative estimate of drug-likeness (QED) is 0.638. The summed E-state index contributed by atoms with van der Waals surface area (Å²) in [5.74, 6) is 0.935. The molecule has 4 heteroatoms. The van der Waals surface area contributed by atoms with Crippen molar-refractivity contribution in [2.75, 3.05) is 13.2 Å². The Morgan fingerprint density at radius 1 is 1.00 bits per heavy atom. The van der Waals surface area contributed by atoms with Crippen LogP contribution in [0.5, 0.6) is 5.75 Å². The van der Waals surface area contributed by atoms with Gasteiger partial charge in [0.2, 0.25) is 5.91 Å². The summed E-state index contributed by atoms with van der Waals surface area (Å²) in [5, 5.41) is 5.31. The number of hydrogen-bond acceptors (Lipinski definition) is 3. The third kappa shape index (κ3) is 5.31. The molecule has 0 aliphatic carbocycles. The van der Waals surface area contributed by atoms with Gasteiger partial charge in [0, 0.05) is 25.4 Å². The molecule has 0 saturated heterocycles. The lowest BCUT2D eigenvalue weighted by Gasteiger charge is -2.08. The highest BCUT2D eigenvalue weighted by molar-refractivity contribution is 5.83. The van der Waals surface area contributed by atoms with E-state index in [1.54, 1.807) is 12.4 Å². The first-order valence-electron chi connectivity index (χ1n) is 8.58. The van der Waals surface area contributed by atoms with Crippen molar-refractivity contribution < 1.29 is 9.53 Å². The highest BCUT2D eigenvalue weighted by atomic mass is 16.5. The highest BCUT2D eigenvalue weighted by Gasteiger charge is 2.02. The number of carbonyl (C=O) groups excluding carboxylic acids is 1. The first-order valence-corrected chi connectivity index (χ1v) is 8.58. The van der Waals surface area contributed by atoms with Crippen LogP contribution in [-0.4, -0.2) is 24.0 Å². The summed E-state index contributed by atoms with van der Waals surface area (Å²) in [6.45, 7) is 1.21. The number of benzene rings is 2. The summed E-state index contributed by atoms with van der Waals surface area (Å²) < 4.78 is 5.77. The van der Waals surface area contributed by atoms with Crippen molar-refractivity contribution in [3.8, 4) is 5.75 Å². The summed E-state index contributed by atoms with van der Waals surface area (Å²) in [7, 11) is 0. The van der Waals surface area contributed by atoms with Crippen molar-refractivity contribution in [3.63, 3.8) is 0 Å². The number of pyridine rings is 1. The van der Waals surface area contributed by atoms with Gasteiger partial charge >= 0.3 is 0 Å². The molecule has 128 valence electrons. The number of carbonyl (C=O) groups is 1. The van der Waals surface area contributed by atoms with Gasteiger partial charge in [0.05, 0.1) is 6.61 Å². The van der Waals surface area contributed by atoms with Gasteiger partial charge in [0.15, 0.2) is 0 Å². The normalized spacial score (nSPS) is 10.6. The third-order valence-corrected chi connectivity index (χ3v) is 4.02. The SMILES string of the molecule is O=C(CCc1ccncc1)NCCCOc1ccc2ccccc2c1. The second kappa shape index (κ2) is 8.83. The predicted molar refractivity (Wildman–Crippen MR) is 99.6 cm³/mol. The van der Waals surface area contributed by atoms with Crippen molar-refractivity contribution in [1.29, 1.82) is 0 Å². The number of aryl methyl sites for hydroxylation is 1. The lowest BCUT2D eigenvalue weighted by molar-refractivity contribution is -0.121. The minimum absolute atomic E-state index is 0.0718. The molecule has 1 amide bonds. The third-order valence-electron chi connectivity index (χ3n) is 4.02. The number of ether oxygens (including phenoxy) is 1. The van der Waals surface area contributed by atoms with Crippen LogP contribution in [0.25, 0.3) is 10.8 Å². The van der Waals surface area contributed by atoms with Crippen molar-refractivity contribution in [2.45, 2.75) is 19.3 Å². The van der Waals surface area contributed by atoms with Gasteiger partial charge in [-0.3, -0.25) is 9.78 Å². The molecule has 1 heterocycles. The van der Waals surface area contributed by atoms with Gasteiger partial charge in [-0.2, -0.15) is 0 Å². The maximum Gasteiger partial charge on any atom is 0.220 e. The molecule has 0 unspecified atom stereocenters. The topological polar surface area (TPSA) is 51.2 Å². The van der Waals surface area contributed by atoms with Crippen LogP contribution in [0.3, 0.4) is 0 Å². The van der Waals surface area contributed by atoms with Gasteiger partial charge in [-0.05, 0) is 53.4 Å². The maximum atomic E-state index is 11.8. The zero-order valence-corrected chi connectivity index (χ0v) is 14.2. The summed E-state index contributed by atoms with van der Waals surface area (Å²) in [5.41, 5.74) is 1.13. The van der Waals surface area contributed by atoms with Crippen LogP contribution in [0, 0.1) is 0 Å². The van der Waals surface area contributed by atoms with E-state index in [4.69, 9.17) is 4.74 Å². The van der Waals surface area contributed by atoms with E-state index in [0.29, 0.717) is 19.6 Å². The molecule has 0 atom stereocenters. The fourth-order valence-electron chi connectivity index (χ4n) is 2.64. The zero-order valence-electron chi connectivity index (χ0n) is 14.2. The van der Waals surface area contributed by atoms with E-state index >= 15 is 0 Å². The fourth-order valence-corrected chi connectivity index (χ4v) is 2.64. The number of hydrogen-bond donors (Lipinski definition) is 1. The van der Waals surface area contributed by atoms with Crippen LogP contribution in [0.2, 0.25) is 0 Å². The number of amides is 1. The minimum atomic E-state index is 0.0718. The Hall–Kier alpha value is -2.88. The first-order chi connectivity index (χ1) is 12.3. The summed E-state index contributed by atoms with van der Waals surface area (Å²) in [4.78, 5) is 15.8. The molecule has 0 aliphatic rings. The van der Waals surface area contributed by atoms with Gasteiger partial charge in [0.1, 0.15) is 5.75 Å². The number of fused-ring (bicyclic) bond motifs is 1. The Morgan fingerprint density at radius 3 is 2.64 bits per heavy atom. The van der Waals surface area contributed by atoms with E-state index in [-0.39, 0.29) is 5.91 Å². The summed E-state index contributed by atoms with van der Waals surface area (Å²) >= 11 is 0. The molecule has 1 N–H and O–H groups in total. The van der Waals surface area contributed by atoms with Crippen molar-refractivity contribution in [3.05, 3.63) is 72.6 Å². The number of nitrogens with one attached hydrogen (secondary N) is 1. The molecular formula is C21H22N2O2. The fraction of sp³-hybridized carbons (Fsp3) is 0.238. The van der Waals surface area contributed by atoms with Crippen LogP contribution >= 0.6 is 0 Å². The highest BCUT2D eigenvalue weighted by Crippen LogP contribution is 2.20. The van der Waals surface area contributed by atoms with Gasteiger partial charge in [-0.15, -0.1) is 0 Å². The molecule has 0 radical (unpaired) electrons. The van der Waals surface area contributed by atoms with Crippen LogP contribution in [-0.2, 0) is 11.2 Å². The molecule has 3 rings (SSSR count). The Labute approximate surface area is 147 Å². The second-order valence-corrected chi connectivity index (χ2v) is 5.92. The molecule has 0 saturated carbocycles. The average molecular weight is 334 g/mol. The second-order valence-electron chi connectivity index (χ2n) is 5.92. The summed E-state index contributed by atoms with van der Waals surface area (Å²) in [6, 6.07) is 18.2. The largest absolute Gasteiger partial charge is 0.494 e. The number of rotatable bonds is 8. The number of nitrogens with zero attached hydrogens (tertiary/aromatic N) is 1. The summed E-state index contributed by atoms with van der Waals surface area (Å²) in [6.07, 6.45) is 5.51. The molecule has 0 spiro atoms. The monoisotopic (exact) mass is 334 g/mol. The van der Waals surface area contributed by atoms with E-state index in [1.807, 2.05) is 36.4 Å². The Balaban J connectivity index is 1.33. The van der Waals surface area contributed by atoms with Gasteiger partial charge in [-0.1, -0.05) is 30.3 Å². The van der Waals surface area contributed by atoms with Crippen molar-refractivity contribution in [1.82, 2.24) is 10.3 Å². The van der Waals surface area contributed by atoms with E-state index in [1.165, 1.54) is 10.8 Å². The smallest absolute Gasteiger partial charge is 0.220 e. The van der Waals surface area contributed by atoms with Crippen molar-refractivity contribution in [2.24, 2.45) is 0 Å². The van der Waals surface area contributed by atoms with Gasteiger partial charge < -0.3 is 10.1 Å². The van der Waals surface area contributed by atoms with Crippen LogP contribution in [0.4, 0.5) is 0 Å². The molecule has 3 aromatic rings. The van der Waals surface area contributed by atoms with Gasteiger partial charge in [0.25, 0.3) is 0 Å². The molecule has 25 heavy (non-hydrogen) atoms. The van der Waals surface area contributed by atoms with E-state index < -0.39 is 0 Å². The molecule has 1 aromatic heterocycles. The standard InChI is InChI=1S/C21H22N2O2/c24-21(9-6-17-10-13-22-14-11-17)23-12-3-15-25-20-8-7-18-4-1-2-5-19(18)16-20/h1-2,4-5,7-8,10-11,13-14,16H,3,6,9,12,15H2,(H,23,24). The lowest BCUT2D eigenvalue weighted by Crippen LogP contribution is -2.25. The Morgan fingerprint density at radius 2 is 1.80 bits per heavy atom.